The van der Waals surface area contributed by atoms with Crippen LogP contribution in [0.2, 0.25) is 0 Å². The van der Waals surface area contributed by atoms with Crippen LogP contribution >= 0.6 is 0 Å². The van der Waals surface area contributed by atoms with Crippen LogP contribution in [0.5, 0.6) is 0 Å². The molecule has 0 saturated carbocycles. The van der Waals surface area contributed by atoms with E-state index in [1.165, 1.54) is 31.1 Å². The fraction of sp³-hybridized carbons (Fsp3) is 0.214. The fourth-order valence-electron chi connectivity index (χ4n) is 1.69. The van der Waals surface area contributed by atoms with E-state index in [9.17, 15) is 13.2 Å². The topological polar surface area (TPSA) is 70.8 Å². The summed E-state index contributed by atoms with van der Waals surface area (Å²) in [6, 6.07) is 11.7. The van der Waals surface area contributed by atoms with Crippen LogP contribution < -0.4 is 4.90 Å². The largest absolute Gasteiger partial charge is 0.438 e. The third kappa shape index (κ3) is 2.98. The smallest absolute Gasteiger partial charge is 0.293 e. The number of hydrogen-bond acceptors (Lipinski definition) is 4. The standard InChI is InChI=1S/C14H16N2O4S/c1-15(2)21(18,19)13-10-9-12(20-13)14(17)16(3)11-7-5-4-6-8-11/h4-10H,1-3H3. The van der Waals surface area contributed by atoms with Gasteiger partial charge in [0.25, 0.3) is 15.9 Å². The number of sulfonamides is 1. The van der Waals surface area contributed by atoms with E-state index in [-0.39, 0.29) is 10.9 Å². The highest BCUT2D eigenvalue weighted by atomic mass is 32.2. The van der Waals surface area contributed by atoms with Crippen molar-refractivity contribution >= 4 is 21.6 Å². The molecule has 0 saturated heterocycles. The Kier molecular flexibility index (Phi) is 4.15. The second-order valence-electron chi connectivity index (χ2n) is 4.61. The summed E-state index contributed by atoms with van der Waals surface area (Å²) in [5.41, 5.74) is 0.691. The Morgan fingerprint density at radius 1 is 1.00 bits per heavy atom. The molecule has 0 N–H and O–H groups in total. The molecule has 1 heterocycles. The van der Waals surface area contributed by atoms with Crippen molar-refractivity contribution in [2.75, 3.05) is 26.0 Å². The summed E-state index contributed by atoms with van der Waals surface area (Å²) in [5.74, 6) is -0.441. The van der Waals surface area contributed by atoms with Gasteiger partial charge in [-0.05, 0) is 24.3 Å². The van der Waals surface area contributed by atoms with Crippen LogP contribution in [0.25, 0.3) is 0 Å². The van der Waals surface area contributed by atoms with E-state index in [4.69, 9.17) is 4.42 Å². The predicted octanol–water partition coefficient (Wildman–Crippen LogP) is 1.81. The third-order valence-corrected chi connectivity index (χ3v) is 4.66. The summed E-state index contributed by atoms with van der Waals surface area (Å²) < 4.78 is 30.1. The normalized spacial score (nSPS) is 11.6. The first-order chi connectivity index (χ1) is 9.84. The van der Waals surface area contributed by atoms with Gasteiger partial charge in [-0.15, -0.1) is 0 Å². The molecule has 0 radical (unpaired) electrons. The van der Waals surface area contributed by atoms with E-state index in [0.29, 0.717) is 5.69 Å². The highest BCUT2D eigenvalue weighted by Crippen LogP contribution is 2.20. The first-order valence-corrected chi connectivity index (χ1v) is 7.63. The Hall–Kier alpha value is -2.12. The van der Waals surface area contributed by atoms with Crippen molar-refractivity contribution in [3.05, 3.63) is 48.2 Å². The zero-order chi connectivity index (χ0) is 15.6. The molecule has 0 atom stereocenters. The van der Waals surface area contributed by atoms with Gasteiger partial charge in [0, 0.05) is 26.8 Å². The van der Waals surface area contributed by atoms with Crippen molar-refractivity contribution in [1.82, 2.24) is 4.31 Å². The summed E-state index contributed by atoms with van der Waals surface area (Å²) in [6.07, 6.45) is 0. The van der Waals surface area contributed by atoms with Crippen LogP contribution in [0.15, 0.2) is 52.0 Å². The number of hydrogen-bond donors (Lipinski definition) is 0. The van der Waals surface area contributed by atoms with Gasteiger partial charge in [-0.2, -0.15) is 0 Å². The van der Waals surface area contributed by atoms with Crippen LogP contribution in [0.1, 0.15) is 10.6 Å². The maximum atomic E-state index is 12.3. The molecule has 0 unspecified atom stereocenters. The average molecular weight is 308 g/mol. The molecule has 112 valence electrons. The van der Waals surface area contributed by atoms with Gasteiger partial charge in [0.05, 0.1) is 0 Å². The van der Waals surface area contributed by atoms with Crippen molar-refractivity contribution in [3.63, 3.8) is 0 Å². The van der Waals surface area contributed by atoms with Gasteiger partial charge in [-0.25, -0.2) is 12.7 Å². The van der Waals surface area contributed by atoms with E-state index < -0.39 is 15.9 Å². The second-order valence-corrected chi connectivity index (χ2v) is 6.69. The molecule has 1 amide bonds. The van der Waals surface area contributed by atoms with Crippen LogP contribution in [0, 0.1) is 0 Å². The maximum Gasteiger partial charge on any atom is 0.293 e. The molecular formula is C14H16N2O4S. The van der Waals surface area contributed by atoms with Gasteiger partial charge in [0.15, 0.2) is 5.76 Å². The molecule has 0 aliphatic rings. The van der Waals surface area contributed by atoms with Gasteiger partial charge in [-0.3, -0.25) is 4.79 Å². The Morgan fingerprint density at radius 3 is 2.19 bits per heavy atom. The molecule has 0 aliphatic heterocycles. The summed E-state index contributed by atoms with van der Waals surface area (Å²) in [6.45, 7) is 0. The quantitative estimate of drug-likeness (QED) is 0.863. The minimum absolute atomic E-state index is 0.0261. The van der Waals surface area contributed by atoms with Crippen LogP contribution in [0.4, 0.5) is 5.69 Å². The number of nitrogens with zero attached hydrogens (tertiary/aromatic N) is 2. The van der Waals surface area contributed by atoms with Gasteiger partial charge in [0.1, 0.15) is 0 Å². The molecule has 1 aromatic carbocycles. The minimum Gasteiger partial charge on any atom is -0.438 e. The van der Waals surface area contributed by atoms with E-state index in [1.54, 1.807) is 19.2 Å². The average Bonchev–Trinajstić information content (AvgIpc) is 2.97. The molecule has 0 bridgehead atoms. The van der Waals surface area contributed by atoms with Crippen molar-refractivity contribution in [2.24, 2.45) is 0 Å². The molecule has 0 fully saturated rings. The van der Waals surface area contributed by atoms with E-state index in [2.05, 4.69) is 0 Å². The number of benzene rings is 1. The molecule has 7 heteroatoms. The van der Waals surface area contributed by atoms with E-state index in [0.717, 1.165) is 4.31 Å². The van der Waals surface area contributed by atoms with Crippen molar-refractivity contribution < 1.29 is 17.6 Å². The van der Waals surface area contributed by atoms with Crippen molar-refractivity contribution in [1.29, 1.82) is 0 Å². The Morgan fingerprint density at radius 2 is 1.62 bits per heavy atom. The van der Waals surface area contributed by atoms with Gasteiger partial charge >= 0.3 is 0 Å². The van der Waals surface area contributed by atoms with E-state index >= 15 is 0 Å². The number of rotatable bonds is 4. The second kappa shape index (κ2) is 5.71. The number of furan rings is 1. The fourth-order valence-corrected chi connectivity index (χ4v) is 2.48. The number of anilines is 1. The Labute approximate surface area is 123 Å². The van der Waals surface area contributed by atoms with Crippen LogP contribution in [-0.2, 0) is 10.0 Å². The SMILES string of the molecule is CN(C(=O)c1ccc(S(=O)(=O)N(C)C)o1)c1ccccc1. The molecule has 6 nitrogen and oxygen atoms in total. The van der Waals surface area contributed by atoms with Gasteiger partial charge < -0.3 is 9.32 Å². The monoisotopic (exact) mass is 308 g/mol. The lowest BCUT2D eigenvalue weighted by atomic mass is 10.3. The highest BCUT2D eigenvalue weighted by molar-refractivity contribution is 7.88. The molecule has 2 rings (SSSR count). The molecular weight excluding hydrogens is 292 g/mol. The molecule has 1 aromatic heterocycles. The number of carbonyl (C=O) groups is 1. The van der Waals surface area contributed by atoms with Crippen LogP contribution in [0.3, 0.4) is 0 Å². The lowest BCUT2D eigenvalue weighted by Gasteiger charge is -2.15. The first-order valence-electron chi connectivity index (χ1n) is 6.19. The lowest BCUT2D eigenvalue weighted by Crippen LogP contribution is -2.26. The van der Waals surface area contributed by atoms with Crippen molar-refractivity contribution in [2.45, 2.75) is 5.09 Å². The Balaban J connectivity index is 2.28. The maximum absolute atomic E-state index is 12.3. The third-order valence-electron chi connectivity index (χ3n) is 2.98. The van der Waals surface area contributed by atoms with Gasteiger partial charge in [-0.1, -0.05) is 18.2 Å². The number of carbonyl (C=O) groups excluding carboxylic acids is 1. The van der Waals surface area contributed by atoms with Gasteiger partial charge in [0.2, 0.25) is 5.09 Å². The zero-order valence-electron chi connectivity index (χ0n) is 12.0. The molecule has 2 aromatic rings. The first kappa shape index (κ1) is 15.3. The summed E-state index contributed by atoms with van der Waals surface area (Å²) in [4.78, 5) is 13.7. The number of amides is 1. The number of para-hydroxylation sites is 1. The predicted molar refractivity (Wildman–Crippen MR) is 78.8 cm³/mol. The minimum atomic E-state index is -3.68. The van der Waals surface area contributed by atoms with Crippen LogP contribution in [-0.4, -0.2) is 39.8 Å². The highest BCUT2D eigenvalue weighted by Gasteiger charge is 2.24. The molecule has 0 aliphatic carbocycles. The summed E-state index contributed by atoms with van der Waals surface area (Å²) in [7, 11) is 0.710. The van der Waals surface area contributed by atoms with Crippen molar-refractivity contribution in [3.8, 4) is 0 Å². The summed E-state index contributed by atoms with van der Waals surface area (Å²) >= 11 is 0. The Bertz CT molecular complexity index is 735. The van der Waals surface area contributed by atoms with E-state index in [1.807, 2.05) is 18.2 Å². The zero-order valence-corrected chi connectivity index (χ0v) is 12.8. The molecule has 21 heavy (non-hydrogen) atoms. The molecule has 0 spiro atoms. The summed E-state index contributed by atoms with van der Waals surface area (Å²) in [5, 5.41) is -0.252. The lowest BCUT2D eigenvalue weighted by molar-refractivity contribution is 0.0961.